The highest BCUT2D eigenvalue weighted by molar-refractivity contribution is 6.07. The van der Waals surface area contributed by atoms with E-state index in [1.807, 2.05) is 12.3 Å². The Bertz CT molecular complexity index is 1090. The summed E-state index contributed by atoms with van der Waals surface area (Å²) < 4.78 is 2.55. The molecule has 4 aliphatic rings. The van der Waals surface area contributed by atoms with Crippen molar-refractivity contribution in [3.63, 3.8) is 0 Å². The lowest BCUT2D eigenvalue weighted by Crippen LogP contribution is -2.48. The molecule has 5 nitrogen and oxygen atoms in total. The molecular weight excluding hydrogens is 420 g/mol. The van der Waals surface area contributed by atoms with Crippen molar-refractivity contribution >= 4 is 17.8 Å². The Balaban J connectivity index is 1.17. The largest absolute Gasteiger partial charge is 0.353 e. The first-order valence-electron chi connectivity index (χ1n) is 13.1. The summed E-state index contributed by atoms with van der Waals surface area (Å²) in [4.78, 5) is 22.0. The highest BCUT2D eigenvalue weighted by Crippen LogP contribution is 2.40. The molecule has 1 aromatic rings. The Morgan fingerprint density at radius 2 is 1.97 bits per heavy atom. The van der Waals surface area contributed by atoms with Crippen molar-refractivity contribution in [1.82, 2.24) is 9.80 Å². The molecule has 0 N–H and O–H groups in total. The molecule has 2 unspecified atom stereocenters. The lowest BCUT2D eigenvalue weighted by atomic mass is 10.00. The second kappa shape index (κ2) is 10.1. The van der Waals surface area contributed by atoms with Gasteiger partial charge in [-0.15, -0.1) is 0 Å². The van der Waals surface area contributed by atoms with Crippen molar-refractivity contribution in [3.05, 3.63) is 71.1 Å². The number of hydrogen-bond acceptors (Lipinski definition) is 3. The van der Waals surface area contributed by atoms with Crippen molar-refractivity contribution < 1.29 is 9.37 Å². The van der Waals surface area contributed by atoms with Crippen molar-refractivity contribution in [2.75, 3.05) is 26.2 Å². The lowest BCUT2D eigenvalue weighted by molar-refractivity contribution is -0.372. The number of carbonyl (C=O) groups is 1. The summed E-state index contributed by atoms with van der Waals surface area (Å²) in [6, 6.07) is 9.92. The monoisotopic (exact) mass is 457 g/mol. The molecule has 4 aliphatic heterocycles. The quantitative estimate of drug-likeness (QED) is 0.451. The van der Waals surface area contributed by atoms with Crippen LogP contribution in [-0.4, -0.2) is 70.5 Å². The maximum absolute atomic E-state index is 13.0. The summed E-state index contributed by atoms with van der Waals surface area (Å²) in [7, 11) is 0. The Labute approximate surface area is 203 Å². The number of aryl methyl sites for hydroxylation is 1. The number of nitrogens with zero attached hydrogens (tertiary/aromatic N) is 4. The van der Waals surface area contributed by atoms with E-state index in [1.165, 1.54) is 22.4 Å². The van der Waals surface area contributed by atoms with Gasteiger partial charge in [-0.25, -0.2) is 9.57 Å². The fraction of sp³-hybridized carbons (Fsp3) is 0.483. The van der Waals surface area contributed by atoms with E-state index in [-0.39, 0.29) is 0 Å². The number of hydrogen-bond donors (Lipinski definition) is 0. The van der Waals surface area contributed by atoms with Gasteiger partial charge in [-0.1, -0.05) is 32.1 Å². The van der Waals surface area contributed by atoms with E-state index in [9.17, 15) is 4.79 Å². The van der Waals surface area contributed by atoms with Crippen LogP contribution in [0.3, 0.4) is 0 Å². The van der Waals surface area contributed by atoms with Crippen molar-refractivity contribution in [3.8, 4) is 0 Å². The zero-order valence-corrected chi connectivity index (χ0v) is 20.6. The molecule has 1 aromatic carbocycles. The second-order valence-corrected chi connectivity index (χ2v) is 9.68. The molecule has 1 amide bonds. The number of rotatable bonds is 7. The molecule has 34 heavy (non-hydrogen) atoms. The Morgan fingerprint density at radius 3 is 2.76 bits per heavy atom. The van der Waals surface area contributed by atoms with Crippen LogP contribution >= 0.6 is 0 Å². The van der Waals surface area contributed by atoms with Crippen molar-refractivity contribution in [2.24, 2.45) is 4.99 Å². The average molecular weight is 458 g/mol. The topological polar surface area (TPSA) is 38.9 Å². The molecule has 4 heterocycles. The Kier molecular flexibility index (Phi) is 6.80. The van der Waals surface area contributed by atoms with Gasteiger partial charge in [0.25, 0.3) is 0 Å². The van der Waals surface area contributed by atoms with E-state index in [1.54, 1.807) is 0 Å². The Morgan fingerprint density at radius 1 is 1.12 bits per heavy atom. The van der Waals surface area contributed by atoms with E-state index in [0.29, 0.717) is 24.4 Å². The summed E-state index contributed by atoms with van der Waals surface area (Å²) in [5.41, 5.74) is 5.57. The smallest absolute Gasteiger partial charge is 0.236 e. The van der Waals surface area contributed by atoms with Crippen LogP contribution < -0.4 is 0 Å². The van der Waals surface area contributed by atoms with Gasteiger partial charge in [-0.05, 0) is 55.5 Å². The number of allylic oxidation sites excluding steroid dienone is 4. The normalized spacial score (nSPS) is 23.9. The van der Waals surface area contributed by atoms with Gasteiger partial charge in [0.05, 0.1) is 0 Å². The highest BCUT2D eigenvalue weighted by Gasteiger charge is 2.61. The molecule has 0 bridgehead atoms. The molecule has 0 aliphatic carbocycles. The minimum absolute atomic E-state index is 0.306. The molecule has 0 aromatic heterocycles. The number of aliphatic imine (C=N–C) groups is 1. The summed E-state index contributed by atoms with van der Waals surface area (Å²) in [6.45, 7) is 7.78. The molecular formula is C29H37N4O+. The van der Waals surface area contributed by atoms with Gasteiger partial charge in [0.15, 0.2) is 0 Å². The molecule has 0 radical (unpaired) electrons. The molecule has 2 fully saturated rings. The van der Waals surface area contributed by atoms with Gasteiger partial charge in [-0.2, -0.15) is 0 Å². The van der Waals surface area contributed by atoms with Crippen LogP contribution in [0.2, 0.25) is 0 Å². The van der Waals surface area contributed by atoms with E-state index < -0.39 is 0 Å². The SMILES string of the molecule is CCC1=CC(c2cccc(CC)c2)=[N+]2C(CCC(=O)N3CCN(C4=CCCC=CC=N4)CC3)C12. The number of piperazine rings is 1. The number of fused-ring (bicyclic) bond motifs is 1. The third-order valence-corrected chi connectivity index (χ3v) is 7.65. The molecule has 0 spiro atoms. The third-order valence-electron chi connectivity index (χ3n) is 7.65. The van der Waals surface area contributed by atoms with Crippen LogP contribution in [-0.2, 0) is 11.2 Å². The van der Waals surface area contributed by atoms with Crippen LogP contribution in [0.25, 0.3) is 0 Å². The minimum Gasteiger partial charge on any atom is -0.353 e. The van der Waals surface area contributed by atoms with Crippen LogP contribution in [0.15, 0.2) is 65.0 Å². The first-order chi connectivity index (χ1) is 16.7. The van der Waals surface area contributed by atoms with E-state index in [0.717, 1.165) is 64.1 Å². The van der Waals surface area contributed by atoms with Crippen LogP contribution in [0.1, 0.15) is 57.1 Å². The van der Waals surface area contributed by atoms with Gasteiger partial charge in [0.1, 0.15) is 5.82 Å². The van der Waals surface area contributed by atoms with Crippen LogP contribution in [0.5, 0.6) is 0 Å². The zero-order valence-electron chi connectivity index (χ0n) is 20.6. The van der Waals surface area contributed by atoms with Gasteiger partial charge in [-0.3, -0.25) is 4.79 Å². The van der Waals surface area contributed by atoms with Crippen LogP contribution in [0.4, 0.5) is 0 Å². The van der Waals surface area contributed by atoms with E-state index in [2.05, 4.69) is 75.7 Å². The summed E-state index contributed by atoms with van der Waals surface area (Å²) in [6.07, 6.45) is 16.5. The second-order valence-electron chi connectivity index (χ2n) is 9.68. The molecule has 0 saturated carbocycles. The fourth-order valence-corrected chi connectivity index (χ4v) is 5.62. The van der Waals surface area contributed by atoms with Gasteiger partial charge < -0.3 is 9.80 Å². The predicted octanol–water partition coefficient (Wildman–Crippen LogP) is 4.34. The highest BCUT2D eigenvalue weighted by atomic mass is 16.2. The number of benzene rings is 1. The van der Waals surface area contributed by atoms with Gasteiger partial charge in [0, 0.05) is 62.4 Å². The molecule has 5 heteroatoms. The molecule has 5 rings (SSSR count). The predicted molar refractivity (Wildman–Crippen MR) is 138 cm³/mol. The maximum atomic E-state index is 13.0. The Hall–Kier alpha value is -2.95. The molecule has 2 atom stereocenters. The van der Waals surface area contributed by atoms with Gasteiger partial charge >= 0.3 is 0 Å². The van der Waals surface area contributed by atoms with Crippen LogP contribution in [0, 0.1) is 0 Å². The first kappa shape index (κ1) is 22.8. The average Bonchev–Trinajstić information content (AvgIpc) is 3.43. The van der Waals surface area contributed by atoms with Crippen molar-refractivity contribution in [1.29, 1.82) is 0 Å². The number of amides is 1. The first-order valence-corrected chi connectivity index (χ1v) is 13.1. The third kappa shape index (κ3) is 4.66. The summed E-state index contributed by atoms with van der Waals surface area (Å²) >= 11 is 0. The molecule has 178 valence electrons. The lowest BCUT2D eigenvalue weighted by Gasteiger charge is -2.36. The summed E-state index contributed by atoms with van der Waals surface area (Å²) in [5.74, 6) is 1.37. The standard InChI is InChI=1S/C29H37N4O/c1-3-22-10-9-11-24(20-22)26-21-23(4-2)29-25(33(26)29)13-14-28(34)32-18-16-31(17-19-32)27-12-7-5-6-8-15-30-27/h6,8-12,15,20-21,25,29H,3-5,7,13-14,16-19H2,1-2H3/q+1. The minimum atomic E-state index is 0.306. The summed E-state index contributed by atoms with van der Waals surface area (Å²) in [5, 5.41) is 0. The van der Waals surface area contributed by atoms with E-state index in [4.69, 9.17) is 0 Å². The zero-order chi connectivity index (χ0) is 23.5. The maximum Gasteiger partial charge on any atom is 0.236 e. The van der Waals surface area contributed by atoms with E-state index >= 15 is 0 Å². The van der Waals surface area contributed by atoms with Gasteiger partial charge in [0.2, 0.25) is 23.7 Å². The fourth-order valence-electron chi connectivity index (χ4n) is 5.62. The van der Waals surface area contributed by atoms with Crippen molar-refractivity contribution in [2.45, 2.75) is 64.5 Å². The number of carbonyl (C=O) groups excluding carboxylic acids is 1. The molecule has 2 saturated heterocycles.